The summed E-state index contributed by atoms with van der Waals surface area (Å²) in [7, 11) is 1.70. The van der Waals surface area contributed by atoms with E-state index < -0.39 is 0 Å². The van der Waals surface area contributed by atoms with Gasteiger partial charge in [-0.1, -0.05) is 13.8 Å². The third-order valence-corrected chi connectivity index (χ3v) is 3.72. The highest BCUT2D eigenvalue weighted by molar-refractivity contribution is 5.75. The van der Waals surface area contributed by atoms with Gasteiger partial charge >= 0.3 is 0 Å². The Hall–Kier alpha value is -0.650. The summed E-state index contributed by atoms with van der Waals surface area (Å²) < 4.78 is 10.8. The summed E-state index contributed by atoms with van der Waals surface area (Å²) in [4.78, 5) is 11.8. The zero-order valence-corrected chi connectivity index (χ0v) is 13.2. The molecular formula is C15H30N2O3. The number of amides is 1. The summed E-state index contributed by atoms with van der Waals surface area (Å²) >= 11 is 0. The number of rotatable bonds is 9. The van der Waals surface area contributed by atoms with E-state index in [2.05, 4.69) is 24.5 Å². The largest absolute Gasteiger partial charge is 0.385 e. The smallest absolute Gasteiger partial charge is 0.222 e. The van der Waals surface area contributed by atoms with Crippen LogP contribution in [0.15, 0.2) is 0 Å². The second-order valence-corrected chi connectivity index (χ2v) is 6.25. The lowest BCUT2D eigenvalue weighted by molar-refractivity contribution is -0.123. The standard InChI is InChI=1S/C15H30N2O3/c1-15(2,7-11-19-3)12-17-14(18)6-10-20-13-4-8-16-9-5-13/h13,16H,4-12H2,1-3H3,(H,17,18). The van der Waals surface area contributed by atoms with Crippen molar-refractivity contribution in [2.45, 2.75) is 45.6 Å². The molecule has 0 aromatic heterocycles. The van der Waals surface area contributed by atoms with Crippen LogP contribution < -0.4 is 10.6 Å². The maximum atomic E-state index is 11.8. The Morgan fingerprint density at radius 1 is 1.30 bits per heavy atom. The van der Waals surface area contributed by atoms with Gasteiger partial charge in [0.1, 0.15) is 0 Å². The van der Waals surface area contributed by atoms with E-state index in [4.69, 9.17) is 9.47 Å². The zero-order chi connectivity index (χ0) is 14.8. The van der Waals surface area contributed by atoms with Crippen LogP contribution in [0.3, 0.4) is 0 Å². The fourth-order valence-electron chi connectivity index (χ4n) is 2.17. The molecule has 1 amide bonds. The zero-order valence-electron chi connectivity index (χ0n) is 13.2. The molecule has 0 unspecified atom stereocenters. The highest BCUT2D eigenvalue weighted by Crippen LogP contribution is 2.18. The molecule has 0 aliphatic carbocycles. The molecule has 0 aromatic carbocycles. The van der Waals surface area contributed by atoms with Crippen molar-refractivity contribution in [3.05, 3.63) is 0 Å². The molecule has 2 N–H and O–H groups in total. The maximum absolute atomic E-state index is 11.8. The third kappa shape index (κ3) is 7.82. The molecule has 1 aliphatic heterocycles. The normalized spacial score (nSPS) is 17.1. The monoisotopic (exact) mass is 286 g/mol. The van der Waals surface area contributed by atoms with Crippen molar-refractivity contribution in [1.82, 2.24) is 10.6 Å². The van der Waals surface area contributed by atoms with Crippen molar-refractivity contribution in [2.24, 2.45) is 5.41 Å². The average molecular weight is 286 g/mol. The molecule has 20 heavy (non-hydrogen) atoms. The van der Waals surface area contributed by atoms with Crippen molar-refractivity contribution >= 4 is 5.91 Å². The van der Waals surface area contributed by atoms with Gasteiger partial charge in [0.25, 0.3) is 0 Å². The minimum atomic E-state index is 0.0710. The Bertz CT molecular complexity index is 276. The molecule has 5 nitrogen and oxygen atoms in total. The van der Waals surface area contributed by atoms with E-state index >= 15 is 0 Å². The highest BCUT2D eigenvalue weighted by Gasteiger charge is 2.19. The fraction of sp³-hybridized carbons (Fsp3) is 0.933. The van der Waals surface area contributed by atoms with E-state index in [1.165, 1.54) is 0 Å². The molecule has 1 fully saturated rings. The van der Waals surface area contributed by atoms with E-state index in [-0.39, 0.29) is 11.3 Å². The van der Waals surface area contributed by atoms with Crippen molar-refractivity contribution < 1.29 is 14.3 Å². The Balaban J connectivity index is 2.07. The van der Waals surface area contributed by atoms with E-state index in [1.54, 1.807) is 7.11 Å². The van der Waals surface area contributed by atoms with Crippen LogP contribution >= 0.6 is 0 Å². The van der Waals surface area contributed by atoms with Gasteiger partial charge in [-0.25, -0.2) is 0 Å². The van der Waals surface area contributed by atoms with Crippen LogP contribution in [0.5, 0.6) is 0 Å². The fourth-order valence-corrected chi connectivity index (χ4v) is 2.17. The van der Waals surface area contributed by atoms with Crippen LogP contribution in [0.1, 0.15) is 39.5 Å². The number of ether oxygens (including phenoxy) is 2. The van der Waals surface area contributed by atoms with E-state index in [9.17, 15) is 4.79 Å². The number of carbonyl (C=O) groups is 1. The predicted octanol–water partition coefficient (Wildman–Crippen LogP) is 1.32. The van der Waals surface area contributed by atoms with Gasteiger partial charge in [0.2, 0.25) is 5.91 Å². The van der Waals surface area contributed by atoms with Crippen LogP contribution in [0, 0.1) is 5.41 Å². The summed E-state index contributed by atoms with van der Waals surface area (Å²) in [6.45, 7) is 8.24. The first-order valence-electron chi connectivity index (χ1n) is 7.61. The topological polar surface area (TPSA) is 59.6 Å². The van der Waals surface area contributed by atoms with Gasteiger partial charge in [0.05, 0.1) is 12.7 Å². The van der Waals surface area contributed by atoms with Gasteiger partial charge in [0, 0.05) is 26.7 Å². The molecule has 0 atom stereocenters. The molecule has 0 spiro atoms. The minimum absolute atomic E-state index is 0.0710. The number of hydrogen-bond acceptors (Lipinski definition) is 4. The summed E-state index contributed by atoms with van der Waals surface area (Å²) in [5, 5.41) is 6.28. The lowest BCUT2D eigenvalue weighted by atomic mass is 9.90. The molecular weight excluding hydrogens is 256 g/mol. The first kappa shape index (κ1) is 17.4. The number of nitrogens with one attached hydrogen (secondary N) is 2. The molecule has 1 saturated heterocycles. The molecule has 1 aliphatic rings. The van der Waals surface area contributed by atoms with Crippen LogP contribution in [0.25, 0.3) is 0 Å². The van der Waals surface area contributed by atoms with Crippen molar-refractivity contribution in [3.8, 4) is 0 Å². The molecule has 1 rings (SSSR count). The Morgan fingerprint density at radius 2 is 2.00 bits per heavy atom. The van der Waals surface area contributed by atoms with Crippen LogP contribution in [-0.2, 0) is 14.3 Å². The molecule has 0 bridgehead atoms. The number of hydrogen-bond donors (Lipinski definition) is 2. The lowest BCUT2D eigenvalue weighted by Crippen LogP contribution is -2.36. The van der Waals surface area contributed by atoms with E-state index in [0.717, 1.165) is 39.0 Å². The van der Waals surface area contributed by atoms with Crippen LogP contribution in [0.4, 0.5) is 0 Å². The second kappa shape index (κ2) is 9.32. The molecule has 5 heteroatoms. The van der Waals surface area contributed by atoms with E-state index in [1.807, 2.05) is 0 Å². The van der Waals surface area contributed by atoms with Gasteiger partial charge in [-0.2, -0.15) is 0 Å². The van der Waals surface area contributed by atoms with Crippen LogP contribution in [-0.4, -0.2) is 52.0 Å². The summed E-state index contributed by atoms with van der Waals surface area (Å²) in [5.74, 6) is 0.0735. The summed E-state index contributed by atoms with van der Waals surface area (Å²) in [5.41, 5.74) is 0.0710. The average Bonchev–Trinajstić information content (AvgIpc) is 2.44. The summed E-state index contributed by atoms with van der Waals surface area (Å²) in [6, 6.07) is 0. The number of piperidine rings is 1. The highest BCUT2D eigenvalue weighted by atomic mass is 16.5. The van der Waals surface area contributed by atoms with Crippen LogP contribution in [0.2, 0.25) is 0 Å². The van der Waals surface area contributed by atoms with Crippen molar-refractivity contribution in [1.29, 1.82) is 0 Å². The quantitative estimate of drug-likeness (QED) is 0.671. The Kier molecular flexibility index (Phi) is 8.11. The molecule has 0 radical (unpaired) electrons. The number of methoxy groups -OCH3 is 1. The maximum Gasteiger partial charge on any atom is 0.222 e. The first-order chi connectivity index (χ1) is 9.53. The minimum Gasteiger partial charge on any atom is -0.385 e. The Labute approximate surface area is 122 Å². The third-order valence-electron chi connectivity index (χ3n) is 3.72. The predicted molar refractivity (Wildman–Crippen MR) is 79.7 cm³/mol. The van der Waals surface area contributed by atoms with Crippen molar-refractivity contribution in [3.63, 3.8) is 0 Å². The van der Waals surface area contributed by atoms with Gasteiger partial charge in [-0.05, 0) is 37.8 Å². The van der Waals surface area contributed by atoms with E-state index in [0.29, 0.717) is 25.7 Å². The second-order valence-electron chi connectivity index (χ2n) is 6.25. The molecule has 0 aromatic rings. The molecule has 0 saturated carbocycles. The number of carbonyl (C=O) groups excluding carboxylic acids is 1. The summed E-state index contributed by atoms with van der Waals surface area (Å²) in [6.07, 6.45) is 3.80. The Morgan fingerprint density at radius 3 is 2.65 bits per heavy atom. The van der Waals surface area contributed by atoms with Crippen molar-refractivity contribution in [2.75, 3.05) is 40.0 Å². The van der Waals surface area contributed by atoms with Gasteiger partial charge in [0.15, 0.2) is 0 Å². The lowest BCUT2D eigenvalue weighted by Gasteiger charge is -2.25. The molecule has 118 valence electrons. The van der Waals surface area contributed by atoms with Gasteiger partial charge < -0.3 is 20.1 Å². The SMILES string of the molecule is COCCC(C)(C)CNC(=O)CCOC1CCNCC1. The van der Waals surface area contributed by atoms with Gasteiger partial charge in [-0.15, -0.1) is 0 Å². The molecule has 1 heterocycles. The van der Waals surface area contributed by atoms with Gasteiger partial charge in [-0.3, -0.25) is 4.79 Å². The first-order valence-corrected chi connectivity index (χ1v) is 7.61.